The highest BCUT2D eigenvalue weighted by molar-refractivity contribution is 14.0. The Balaban J connectivity index is 0.00000225. The molecule has 1 aromatic heterocycles. The van der Waals surface area contributed by atoms with Gasteiger partial charge in [-0.05, 0) is 42.3 Å². The Morgan fingerprint density at radius 1 is 1.16 bits per heavy atom. The topological polar surface area (TPSA) is 57.8 Å². The number of halogens is 2. The lowest BCUT2D eigenvalue weighted by atomic mass is 10.2. The highest BCUT2D eigenvalue weighted by atomic mass is 127. The van der Waals surface area contributed by atoms with Gasteiger partial charge in [0, 0.05) is 44.3 Å². The van der Waals surface area contributed by atoms with Crippen molar-refractivity contribution in [1.82, 2.24) is 9.88 Å². The number of nitrogens with two attached hydrogens (primary N) is 1. The van der Waals surface area contributed by atoms with Gasteiger partial charge in [0.2, 0.25) is 0 Å². The zero-order valence-electron chi connectivity index (χ0n) is 14.2. The average molecular weight is 455 g/mol. The van der Waals surface area contributed by atoms with Gasteiger partial charge in [-0.3, -0.25) is 4.98 Å². The van der Waals surface area contributed by atoms with Crippen LogP contribution in [0.15, 0.2) is 47.7 Å². The maximum atomic E-state index is 13.0. The molecule has 0 amide bonds. The lowest BCUT2D eigenvalue weighted by Gasteiger charge is -2.36. The van der Waals surface area contributed by atoms with Gasteiger partial charge < -0.3 is 15.5 Å². The molecule has 1 aliphatic rings. The first-order valence-corrected chi connectivity index (χ1v) is 8.08. The van der Waals surface area contributed by atoms with Crippen LogP contribution >= 0.6 is 24.0 Å². The van der Waals surface area contributed by atoms with Crippen molar-refractivity contribution in [1.29, 1.82) is 0 Å². The molecule has 2 N–H and O–H groups in total. The van der Waals surface area contributed by atoms with Gasteiger partial charge in [-0.15, -0.1) is 24.0 Å². The molecular weight excluding hydrogens is 432 g/mol. The van der Waals surface area contributed by atoms with Crippen molar-refractivity contribution in [2.24, 2.45) is 10.7 Å². The summed E-state index contributed by atoms with van der Waals surface area (Å²) < 4.78 is 13.0. The van der Waals surface area contributed by atoms with Crippen molar-refractivity contribution in [3.05, 3.63) is 59.7 Å². The van der Waals surface area contributed by atoms with Crippen LogP contribution in [-0.4, -0.2) is 42.0 Å². The van der Waals surface area contributed by atoms with E-state index in [0.717, 1.165) is 43.0 Å². The van der Waals surface area contributed by atoms with Crippen molar-refractivity contribution in [3.8, 4) is 0 Å². The van der Waals surface area contributed by atoms with Gasteiger partial charge in [0.25, 0.3) is 0 Å². The summed E-state index contributed by atoms with van der Waals surface area (Å²) in [7, 11) is 0. The normalized spacial score (nSPS) is 15.0. The molecule has 0 radical (unpaired) electrons. The van der Waals surface area contributed by atoms with Crippen LogP contribution < -0.4 is 10.6 Å². The minimum absolute atomic E-state index is 0. The molecule has 0 saturated carbocycles. The molecule has 0 spiro atoms. The molecule has 0 unspecified atom stereocenters. The van der Waals surface area contributed by atoms with Crippen LogP contribution in [0.4, 0.5) is 10.1 Å². The van der Waals surface area contributed by atoms with E-state index in [4.69, 9.17) is 5.73 Å². The fraction of sp³-hybridized carbons (Fsp3) is 0.333. The molecule has 134 valence electrons. The monoisotopic (exact) mass is 455 g/mol. The lowest BCUT2D eigenvalue weighted by Crippen LogP contribution is -2.51. The molecule has 2 heterocycles. The number of anilines is 1. The summed E-state index contributed by atoms with van der Waals surface area (Å²) in [4.78, 5) is 13.0. The Morgan fingerprint density at radius 3 is 2.48 bits per heavy atom. The van der Waals surface area contributed by atoms with Crippen LogP contribution in [0.1, 0.15) is 11.1 Å². The molecule has 1 aliphatic heterocycles. The number of hydrogen-bond donors (Lipinski definition) is 1. The first-order valence-electron chi connectivity index (χ1n) is 8.08. The summed E-state index contributed by atoms with van der Waals surface area (Å²) in [6, 6.07) is 8.68. The molecule has 0 bridgehead atoms. The molecule has 25 heavy (non-hydrogen) atoms. The van der Waals surface area contributed by atoms with Crippen LogP contribution in [-0.2, 0) is 6.54 Å². The van der Waals surface area contributed by atoms with Gasteiger partial charge in [0.15, 0.2) is 5.96 Å². The van der Waals surface area contributed by atoms with Crippen LogP contribution in [0, 0.1) is 12.7 Å². The molecule has 1 aromatic carbocycles. The second-order valence-electron chi connectivity index (χ2n) is 6.00. The minimum Gasteiger partial charge on any atom is -0.370 e. The summed E-state index contributed by atoms with van der Waals surface area (Å²) in [5.41, 5.74) is 9.34. The van der Waals surface area contributed by atoms with E-state index in [1.165, 1.54) is 12.1 Å². The SMILES string of the molecule is Cc1cncc(CN=C(N)N2CCN(c3ccc(F)cc3)CC2)c1.I. The van der Waals surface area contributed by atoms with E-state index in [0.29, 0.717) is 12.5 Å². The van der Waals surface area contributed by atoms with E-state index in [1.54, 1.807) is 0 Å². The van der Waals surface area contributed by atoms with Crippen molar-refractivity contribution < 1.29 is 4.39 Å². The van der Waals surface area contributed by atoms with Crippen molar-refractivity contribution >= 4 is 35.6 Å². The lowest BCUT2D eigenvalue weighted by molar-refractivity contribution is 0.380. The van der Waals surface area contributed by atoms with Crippen LogP contribution in [0.2, 0.25) is 0 Å². The zero-order valence-corrected chi connectivity index (χ0v) is 16.6. The van der Waals surface area contributed by atoms with Gasteiger partial charge in [-0.25, -0.2) is 9.38 Å². The molecule has 7 heteroatoms. The number of rotatable bonds is 3. The Labute approximate surface area is 164 Å². The average Bonchev–Trinajstić information content (AvgIpc) is 2.61. The van der Waals surface area contributed by atoms with Crippen LogP contribution in [0.5, 0.6) is 0 Å². The van der Waals surface area contributed by atoms with Crippen LogP contribution in [0.25, 0.3) is 0 Å². The van der Waals surface area contributed by atoms with E-state index in [1.807, 2.05) is 31.5 Å². The van der Waals surface area contributed by atoms with E-state index >= 15 is 0 Å². The van der Waals surface area contributed by atoms with Crippen molar-refractivity contribution in [3.63, 3.8) is 0 Å². The van der Waals surface area contributed by atoms with Gasteiger partial charge in [0.05, 0.1) is 6.54 Å². The summed E-state index contributed by atoms with van der Waals surface area (Å²) in [6.45, 7) is 5.84. The van der Waals surface area contributed by atoms with Gasteiger partial charge in [0.1, 0.15) is 5.82 Å². The van der Waals surface area contributed by atoms with E-state index in [2.05, 4.69) is 25.8 Å². The minimum atomic E-state index is -0.209. The maximum Gasteiger partial charge on any atom is 0.191 e. The fourth-order valence-electron chi connectivity index (χ4n) is 2.82. The highest BCUT2D eigenvalue weighted by Crippen LogP contribution is 2.16. The third-order valence-corrected chi connectivity index (χ3v) is 4.15. The molecule has 2 aromatic rings. The van der Waals surface area contributed by atoms with Crippen molar-refractivity contribution in [2.75, 3.05) is 31.1 Å². The number of aromatic nitrogens is 1. The van der Waals surface area contributed by atoms with Crippen molar-refractivity contribution in [2.45, 2.75) is 13.5 Å². The van der Waals surface area contributed by atoms with Gasteiger partial charge in [-0.2, -0.15) is 0 Å². The maximum absolute atomic E-state index is 13.0. The summed E-state index contributed by atoms with van der Waals surface area (Å²) >= 11 is 0. The number of benzene rings is 1. The molecule has 1 fully saturated rings. The molecular formula is C18H23FIN5. The third kappa shape index (κ3) is 5.29. The number of aryl methyl sites for hydroxylation is 1. The summed E-state index contributed by atoms with van der Waals surface area (Å²) in [5.74, 6) is 0.356. The van der Waals surface area contributed by atoms with Gasteiger partial charge in [-0.1, -0.05) is 6.07 Å². The molecule has 0 atom stereocenters. The van der Waals surface area contributed by atoms with Crippen LogP contribution in [0.3, 0.4) is 0 Å². The largest absolute Gasteiger partial charge is 0.370 e. The summed E-state index contributed by atoms with van der Waals surface area (Å²) in [6.07, 6.45) is 3.64. The third-order valence-electron chi connectivity index (χ3n) is 4.15. The second kappa shape index (κ2) is 8.98. The zero-order chi connectivity index (χ0) is 16.9. The standard InChI is InChI=1S/C18H22FN5.HI/c1-14-10-15(12-21-11-14)13-22-18(20)24-8-6-23(7-9-24)17-4-2-16(19)3-5-17;/h2-5,10-12H,6-9,13H2,1H3,(H2,20,22);1H. The highest BCUT2D eigenvalue weighted by Gasteiger charge is 2.18. The second-order valence-corrected chi connectivity index (χ2v) is 6.00. The number of hydrogen-bond acceptors (Lipinski definition) is 3. The molecule has 1 saturated heterocycles. The first kappa shape index (κ1) is 19.4. The first-order chi connectivity index (χ1) is 11.6. The smallest absolute Gasteiger partial charge is 0.191 e. The predicted octanol–water partition coefficient (Wildman–Crippen LogP) is 2.78. The Kier molecular flexibility index (Phi) is 6.98. The predicted molar refractivity (Wildman–Crippen MR) is 110 cm³/mol. The number of nitrogens with zero attached hydrogens (tertiary/aromatic N) is 4. The fourth-order valence-corrected chi connectivity index (χ4v) is 2.82. The molecule has 3 rings (SSSR count). The number of pyridine rings is 1. The molecule has 5 nitrogen and oxygen atoms in total. The Bertz CT molecular complexity index is 712. The quantitative estimate of drug-likeness (QED) is 0.440. The Hall–Kier alpha value is -1.90. The van der Waals surface area contributed by atoms with Gasteiger partial charge >= 0.3 is 0 Å². The number of piperazine rings is 1. The van der Waals surface area contributed by atoms with E-state index < -0.39 is 0 Å². The Morgan fingerprint density at radius 2 is 1.84 bits per heavy atom. The number of guanidine groups is 1. The number of aliphatic imine (C=N–C) groups is 1. The van der Waals surface area contributed by atoms with E-state index in [-0.39, 0.29) is 29.8 Å². The van der Waals surface area contributed by atoms with E-state index in [9.17, 15) is 4.39 Å². The molecule has 0 aliphatic carbocycles. The summed E-state index contributed by atoms with van der Waals surface area (Å²) in [5, 5.41) is 0.